The van der Waals surface area contributed by atoms with Gasteiger partial charge in [0.1, 0.15) is 6.04 Å². The zero-order valence-corrected chi connectivity index (χ0v) is 18.2. The minimum Gasteiger partial charge on any atom is -0.347 e. The summed E-state index contributed by atoms with van der Waals surface area (Å²) in [6, 6.07) is -0.290. The number of nitrogens with zero attached hydrogens (tertiary/aromatic N) is 3. The van der Waals surface area contributed by atoms with Crippen molar-refractivity contribution in [1.29, 1.82) is 0 Å². The van der Waals surface area contributed by atoms with E-state index in [1.165, 1.54) is 12.1 Å². The molecule has 29 heavy (non-hydrogen) atoms. The van der Waals surface area contributed by atoms with Crippen molar-refractivity contribution >= 4 is 11.8 Å². The fraction of sp³-hybridized carbons (Fsp3) is 0.783. The van der Waals surface area contributed by atoms with Crippen LogP contribution in [-0.4, -0.2) is 39.1 Å². The van der Waals surface area contributed by atoms with Crippen molar-refractivity contribution in [3.05, 3.63) is 17.5 Å². The van der Waals surface area contributed by atoms with E-state index in [9.17, 15) is 9.59 Å². The SMILES string of the molecule is CC(C)(C)n1ncc2c1CCC[C@@H]2NC(=O)[C@H]1CCCN1C(=O)C1CCCCC1. The van der Waals surface area contributed by atoms with Crippen LogP contribution in [0.1, 0.15) is 95.9 Å². The third-order valence-corrected chi connectivity index (χ3v) is 6.93. The van der Waals surface area contributed by atoms with Crippen LogP contribution in [0.3, 0.4) is 0 Å². The Kier molecular flexibility index (Phi) is 5.71. The minimum absolute atomic E-state index is 0.00887. The van der Waals surface area contributed by atoms with E-state index in [1.807, 2.05) is 11.1 Å². The van der Waals surface area contributed by atoms with Crippen molar-refractivity contribution in [3.63, 3.8) is 0 Å². The van der Waals surface area contributed by atoms with Crippen molar-refractivity contribution < 1.29 is 9.59 Å². The van der Waals surface area contributed by atoms with E-state index in [4.69, 9.17) is 0 Å². The zero-order chi connectivity index (χ0) is 20.6. The molecule has 0 radical (unpaired) electrons. The molecule has 0 bridgehead atoms. The molecule has 4 rings (SSSR count). The Hall–Kier alpha value is -1.85. The second-order valence-electron chi connectivity index (χ2n) is 10.1. The molecule has 0 aromatic carbocycles. The lowest BCUT2D eigenvalue weighted by molar-refractivity contribution is -0.142. The van der Waals surface area contributed by atoms with Crippen LogP contribution in [-0.2, 0) is 21.5 Å². The molecule has 1 N–H and O–H groups in total. The maximum atomic E-state index is 13.2. The van der Waals surface area contributed by atoms with Gasteiger partial charge in [0.05, 0.1) is 17.8 Å². The lowest BCUT2D eigenvalue weighted by atomic mass is 9.88. The number of rotatable bonds is 3. The lowest BCUT2D eigenvalue weighted by Gasteiger charge is -2.32. The summed E-state index contributed by atoms with van der Waals surface area (Å²) < 4.78 is 2.11. The van der Waals surface area contributed by atoms with E-state index in [0.717, 1.165) is 69.9 Å². The molecule has 6 heteroatoms. The van der Waals surface area contributed by atoms with Crippen LogP contribution in [0, 0.1) is 5.92 Å². The Bertz CT molecular complexity index is 757. The van der Waals surface area contributed by atoms with Gasteiger partial charge in [0.2, 0.25) is 11.8 Å². The Morgan fingerprint density at radius 1 is 1.03 bits per heavy atom. The molecule has 2 fully saturated rings. The number of amides is 2. The normalized spacial score (nSPS) is 25.7. The highest BCUT2D eigenvalue weighted by molar-refractivity contribution is 5.89. The summed E-state index contributed by atoms with van der Waals surface area (Å²) in [5.74, 6) is 0.365. The van der Waals surface area contributed by atoms with Crippen LogP contribution < -0.4 is 5.32 Å². The molecule has 3 aliphatic rings. The maximum Gasteiger partial charge on any atom is 0.243 e. The van der Waals surface area contributed by atoms with Gasteiger partial charge in [0, 0.05) is 23.7 Å². The Morgan fingerprint density at radius 2 is 1.79 bits per heavy atom. The molecule has 2 heterocycles. The first-order chi connectivity index (χ1) is 13.9. The van der Waals surface area contributed by atoms with Crippen LogP contribution >= 0.6 is 0 Å². The molecule has 2 atom stereocenters. The molecular formula is C23H36N4O2. The average Bonchev–Trinajstić information content (AvgIpc) is 3.35. The summed E-state index contributed by atoms with van der Waals surface area (Å²) in [5, 5.41) is 7.91. The quantitative estimate of drug-likeness (QED) is 0.841. The van der Waals surface area contributed by atoms with E-state index in [0.29, 0.717) is 0 Å². The monoisotopic (exact) mass is 400 g/mol. The highest BCUT2D eigenvalue weighted by atomic mass is 16.2. The minimum atomic E-state index is -0.299. The van der Waals surface area contributed by atoms with Gasteiger partial charge in [0.25, 0.3) is 0 Å². The van der Waals surface area contributed by atoms with Crippen LogP contribution in [0.4, 0.5) is 0 Å². The van der Waals surface area contributed by atoms with Gasteiger partial charge in [-0.1, -0.05) is 19.3 Å². The predicted octanol–water partition coefficient (Wildman–Crippen LogP) is 3.70. The number of fused-ring (bicyclic) bond motifs is 1. The summed E-state index contributed by atoms with van der Waals surface area (Å²) >= 11 is 0. The molecule has 0 spiro atoms. The fourth-order valence-electron chi connectivity index (χ4n) is 5.44. The Balaban J connectivity index is 1.46. The lowest BCUT2D eigenvalue weighted by Crippen LogP contribution is -2.49. The van der Waals surface area contributed by atoms with Crippen molar-refractivity contribution in [2.45, 2.75) is 103 Å². The van der Waals surface area contributed by atoms with Gasteiger partial charge in [-0.2, -0.15) is 5.10 Å². The number of hydrogen-bond donors (Lipinski definition) is 1. The summed E-state index contributed by atoms with van der Waals surface area (Å²) in [7, 11) is 0. The number of hydrogen-bond acceptors (Lipinski definition) is 3. The zero-order valence-electron chi connectivity index (χ0n) is 18.2. The average molecular weight is 401 g/mol. The summed E-state index contributed by atoms with van der Waals surface area (Å²) in [6.07, 6.45) is 12.1. The molecule has 2 aliphatic carbocycles. The van der Waals surface area contributed by atoms with E-state index in [2.05, 4.69) is 35.9 Å². The van der Waals surface area contributed by atoms with Crippen LogP contribution in [0.15, 0.2) is 6.20 Å². The van der Waals surface area contributed by atoms with Crippen molar-refractivity contribution in [1.82, 2.24) is 20.0 Å². The van der Waals surface area contributed by atoms with Gasteiger partial charge < -0.3 is 10.2 Å². The first-order valence-electron chi connectivity index (χ1n) is 11.5. The molecule has 2 amide bonds. The molecule has 6 nitrogen and oxygen atoms in total. The van der Waals surface area contributed by atoms with Crippen LogP contribution in [0.2, 0.25) is 0 Å². The molecule has 1 aliphatic heterocycles. The Morgan fingerprint density at radius 3 is 2.52 bits per heavy atom. The number of aromatic nitrogens is 2. The van der Waals surface area contributed by atoms with E-state index >= 15 is 0 Å². The van der Waals surface area contributed by atoms with Gasteiger partial charge >= 0.3 is 0 Å². The van der Waals surface area contributed by atoms with Crippen molar-refractivity contribution in [3.8, 4) is 0 Å². The Labute approximate surface area is 174 Å². The van der Waals surface area contributed by atoms with Crippen LogP contribution in [0.5, 0.6) is 0 Å². The van der Waals surface area contributed by atoms with Gasteiger partial charge in [0.15, 0.2) is 0 Å². The topological polar surface area (TPSA) is 67.2 Å². The van der Waals surface area contributed by atoms with E-state index in [1.54, 1.807) is 0 Å². The van der Waals surface area contributed by atoms with Gasteiger partial charge in [-0.05, 0) is 65.7 Å². The van der Waals surface area contributed by atoms with E-state index in [-0.39, 0.29) is 35.4 Å². The van der Waals surface area contributed by atoms with Gasteiger partial charge in [-0.15, -0.1) is 0 Å². The fourth-order valence-corrected chi connectivity index (χ4v) is 5.44. The first kappa shape index (κ1) is 20.4. The molecular weight excluding hydrogens is 364 g/mol. The maximum absolute atomic E-state index is 13.2. The molecule has 1 saturated heterocycles. The second kappa shape index (κ2) is 8.11. The third-order valence-electron chi connectivity index (χ3n) is 6.93. The second-order valence-corrected chi connectivity index (χ2v) is 10.1. The smallest absolute Gasteiger partial charge is 0.243 e. The summed E-state index contributed by atoms with van der Waals surface area (Å²) in [4.78, 5) is 28.1. The number of carbonyl (C=O) groups excluding carboxylic acids is 2. The third kappa shape index (κ3) is 4.08. The standard InChI is InChI=1S/C23H36N4O2/c1-23(2,3)27-19-12-7-11-18(17(19)15-24-27)25-21(28)20-13-8-14-26(20)22(29)16-9-5-4-6-10-16/h15-16,18,20H,4-14H2,1-3H3,(H,25,28)/t18-,20+/m0/s1. The van der Waals surface area contributed by atoms with E-state index < -0.39 is 0 Å². The first-order valence-corrected chi connectivity index (χ1v) is 11.5. The van der Waals surface area contributed by atoms with Crippen LogP contribution in [0.25, 0.3) is 0 Å². The summed E-state index contributed by atoms with van der Waals surface area (Å²) in [6.45, 7) is 7.21. The molecule has 1 saturated carbocycles. The summed E-state index contributed by atoms with van der Waals surface area (Å²) in [5.41, 5.74) is 2.34. The van der Waals surface area contributed by atoms with Gasteiger partial charge in [-0.25, -0.2) is 0 Å². The van der Waals surface area contributed by atoms with Gasteiger partial charge in [-0.3, -0.25) is 14.3 Å². The molecule has 1 aromatic rings. The van der Waals surface area contributed by atoms with Crippen molar-refractivity contribution in [2.75, 3.05) is 6.54 Å². The highest BCUT2D eigenvalue weighted by Crippen LogP contribution is 2.33. The highest BCUT2D eigenvalue weighted by Gasteiger charge is 2.38. The number of nitrogens with one attached hydrogen (secondary N) is 1. The number of carbonyl (C=O) groups is 2. The largest absolute Gasteiger partial charge is 0.347 e. The molecule has 0 unspecified atom stereocenters. The predicted molar refractivity (Wildman–Crippen MR) is 112 cm³/mol. The molecule has 160 valence electrons. The van der Waals surface area contributed by atoms with Crippen molar-refractivity contribution in [2.24, 2.45) is 5.92 Å². The number of likely N-dealkylation sites (tertiary alicyclic amines) is 1. The molecule has 1 aromatic heterocycles.